The number of aromatic nitrogens is 1. The smallest absolute Gasteiger partial charge is 0.152 e. The molecule has 0 aliphatic heterocycles. The van der Waals surface area contributed by atoms with E-state index in [4.69, 9.17) is 16.9 Å². The van der Waals surface area contributed by atoms with Crippen molar-refractivity contribution in [2.24, 2.45) is 0 Å². The van der Waals surface area contributed by atoms with E-state index in [1.165, 1.54) is 12.1 Å². The van der Waals surface area contributed by atoms with Gasteiger partial charge in [-0.05, 0) is 39.7 Å². The van der Waals surface area contributed by atoms with Gasteiger partial charge < -0.3 is 5.32 Å². The number of pyridine rings is 1. The molecular formula is C13H8BrClFN3. The second-order valence-electron chi connectivity index (χ2n) is 3.77. The maximum atomic E-state index is 13.2. The van der Waals surface area contributed by atoms with E-state index < -0.39 is 5.82 Å². The number of hydrogen-bond acceptors (Lipinski definition) is 3. The third-order valence-electron chi connectivity index (χ3n) is 2.44. The first-order valence-electron chi connectivity index (χ1n) is 5.33. The van der Waals surface area contributed by atoms with Crippen LogP contribution < -0.4 is 5.32 Å². The first-order valence-corrected chi connectivity index (χ1v) is 6.50. The van der Waals surface area contributed by atoms with Gasteiger partial charge in [0.15, 0.2) is 5.15 Å². The third kappa shape index (κ3) is 3.43. The average Bonchev–Trinajstić information content (AvgIpc) is 2.41. The Morgan fingerprint density at radius 1 is 1.42 bits per heavy atom. The fourth-order valence-corrected chi connectivity index (χ4v) is 2.01. The topological polar surface area (TPSA) is 48.7 Å². The molecule has 0 unspecified atom stereocenters. The zero-order valence-corrected chi connectivity index (χ0v) is 12.0. The molecule has 0 saturated carbocycles. The molecule has 1 N–H and O–H groups in total. The van der Waals surface area contributed by atoms with Gasteiger partial charge in [-0.2, -0.15) is 5.26 Å². The highest BCUT2D eigenvalue weighted by Crippen LogP contribution is 2.23. The number of rotatable bonds is 3. The Labute approximate surface area is 123 Å². The molecule has 2 aromatic rings. The quantitative estimate of drug-likeness (QED) is 0.855. The predicted molar refractivity (Wildman–Crippen MR) is 75.4 cm³/mol. The van der Waals surface area contributed by atoms with Crippen molar-refractivity contribution in [3.8, 4) is 6.07 Å². The minimum absolute atomic E-state index is 0.0257. The van der Waals surface area contributed by atoms with Crippen molar-refractivity contribution < 1.29 is 4.39 Å². The van der Waals surface area contributed by atoms with Gasteiger partial charge in [0.2, 0.25) is 0 Å². The van der Waals surface area contributed by atoms with Crippen LogP contribution in [-0.4, -0.2) is 4.98 Å². The molecule has 3 nitrogen and oxygen atoms in total. The first-order chi connectivity index (χ1) is 9.10. The second kappa shape index (κ2) is 6.00. The minimum Gasteiger partial charge on any atom is -0.378 e. The van der Waals surface area contributed by atoms with Gasteiger partial charge in [0.1, 0.15) is 11.9 Å². The van der Waals surface area contributed by atoms with E-state index in [-0.39, 0.29) is 5.56 Å². The lowest BCUT2D eigenvalue weighted by molar-refractivity contribution is 0.623. The molecule has 96 valence electrons. The molecule has 0 spiro atoms. The molecule has 6 heteroatoms. The van der Waals surface area contributed by atoms with E-state index in [2.05, 4.69) is 26.2 Å². The molecule has 1 aromatic heterocycles. The number of nitriles is 1. The maximum Gasteiger partial charge on any atom is 0.152 e. The summed E-state index contributed by atoms with van der Waals surface area (Å²) in [6.45, 7) is 0.423. The summed E-state index contributed by atoms with van der Waals surface area (Å²) in [6, 6.07) is 7.99. The summed E-state index contributed by atoms with van der Waals surface area (Å²) < 4.78 is 14.0. The van der Waals surface area contributed by atoms with Crippen molar-refractivity contribution in [3.05, 3.63) is 57.0 Å². The standard InChI is InChI=1S/C13H8BrClFN3/c14-10-4-12(13(15)19-7-10)18-6-8-1-2-11(16)9(3-8)5-17/h1-4,7,18H,6H2. The van der Waals surface area contributed by atoms with Crippen LogP contribution in [0.15, 0.2) is 34.9 Å². The van der Waals surface area contributed by atoms with Gasteiger partial charge in [-0.15, -0.1) is 0 Å². The number of nitrogens with zero attached hydrogens (tertiary/aromatic N) is 2. The van der Waals surface area contributed by atoms with E-state index in [1.54, 1.807) is 24.4 Å². The van der Waals surface area contributed by atoms with Crippen LogP contribution in [0.25, 0.3) is 0 Å². The fraction of sp³-hybridized carbons (Fsp3) is 0.0769. The predicted octanol–water partition coefficient (Wildman–Crippen LogP) is 4.12. The number of anilines is 1. The van der Waals surface area contributed by atoms with Crippen molar-refractivity contribution >= 4 is 33.2 Å². The minimum atomic E-state index is -0.520. The summed E-state index contributed by atoms with van der Waals surface area (Å²) in [5, 5.41) is 12.2. The first kappa shape index (κ1) is 13.8. The van der Waals surface area contributed by atoms with Crippen LogP contribution in [0.3, 0.4) is 0 Å². The zero-order valence-electron chi connectivity index (χ0n) is 9.62. The highest BCUT2D eigenvalue weighted by Gasteiger charge is 2.05. The van der Waals surface area contributed by atoms with Crippen molar-refractivity contribution in [1.29, 1.82) is 5.26 Å². The second-order valence-corrected chi connectivity index (χ2v) is 5.05. The summed E-state index contributed by atoms with van der Waals surface area (Å²) in [5.74, 6) is -0.520. The molecule has 19 heavy (non-hydrogen) atoms. The van der Waals surface area contributed by atoms with Crippen LogP contribution in [0, 0.1) is 17.1 Å². The Kier molecular flexibility index (Phi) is 4.35. The number of nitrogens with one attached hydrogen (secondary N) is 1. The largest absolute Gasteiger partial charge is 0.378 e. The highest BCUT2D eigenvalue weighted by molar-refractivity contribution is 9.10. The summed E-state index contributed by atoms with van der Waals surface area (Å²) in [6.07, 6.45) is 1.60. The molecule has 0 bridgehead atoms. The van der Waals surface area contributed by atoms with Crippen molar-refractivity contribution in [2.75, 3.05) is 5.32 Å². The Balaban J connectivity index is 2.15. The number of halogens is 3. The van der Waals surface area contributed by atoms with Gasteiger partial charge in [0.05, 0.1) is 11.3 Å². The van der Waals surface area contributed by atoms with Gasteiger partial charge in [-0.25, -0.2) is 9.37 Å². The molecule has 0 aliphatic rings. The van der Waals surface area contributed by atoms with Crippen molar-refractivity contribution in [3.63, 3.8) is 0 Å². The highest BCUT2D eigenvalue weighted by atomic mass is 79.9. The van der Waals surface area contributed by atoms with Crippen molar-refractivity contribution in [1.82, 2.24) is 4.98 Å². The molecular weight excluding hydrogens is 333 g/mol. The molecule has 2 rings (SSSR count). The van der Waals surface area contributed by atoms with E-state index in [9.17, 15) is 4.39 Å². The summed E-state index contributed by atoms with van der Waals surface area (Å²) in [4.78, 5) is 3.98. The van der Waals surface area contributed by atoms with E-state index in [1.807, 2.05) is 0 Å². The van der Waals surface area contributed by atoms with Gasteiger partial charge in [-0.1, -0.05) is 17.7 Å². The molecule has 0 aliphatic carbocycles. The van der Waals surface area contributed by atoms with E-state index in [0.717, 1.165) is 10.0 Å². The van der Waals surface area contributed by atoms with Crippen LogP contribution >= 0.6 is 27.5 Å². The Morgan fingerprint density at radius 3 is 2.95 bits per heavy atom. The average molecular weight is 341 g/mol. The third-order valence-corrected chi connectivity index (χ3v) is 3.17. The van der Waals surface area contributed by atoms with E-state index in [0.29, 0.717) is 17.4 Å². The lowest BCUT2D eigenvalue weighted by Crippen LogP contribution is -2.01. The van der Waals surface area contributed by atoms with Gasteiger partial charge in [0.25, 0.3) is 0 Å². The monoisotopic (exact) mass is 339 g/mol. The van der Waals surface area contributed by atoms with Crippen molar-refractivity contribution in [2.45, 2.75) is 6.54 Å². The summed E-state index contributed by atoms with van der Waals surface area (Å²) in [5.41, 5.74) is 1.48. The van der Waals surface area contributed by atoms with Crippen LogP contribution in [-0.2, 0) is 6.54 Å². The summed E-state index contributed by atoms with van der Waals surface area (Å²) >= 11 is 9.24. The number of hydrogen-bond donors (Lipinski definition) is 1. The lowest BCUT2D eigenvalue weighted by atomic mass is 10.1. The van der Waals surface area contributed by atoms with Crippen LogP contribution in [0.5, 0.6) is 0 Å². The van der Waals surface area contributed by atoms with E-state index >= 15 is 0 Å². The molecule has 0 fully saturated rings. The SMILES string of the molecule is N#Cc1cc(CNc2cc(Br)cnc2Cl)ccc1F. The lowest BCUT2D eigenvalue weighted by Gasteiger charge is -2.08. The molecule has 0 saturated heterocycles. The molecule has 0 atom stereocenters. The Hall–Kier alpha value is -1.64. The normalized spacial score (nSPS) is 10.0. The Morgan fingerprint density at radius 2 is 2.21 bits per heavy atom. The van der Waals surface area contributed by atoms with Gasteiger partial charge >= 0.3 is 0 Å². The maximum absolute atomic E-state index is 13.2. The fourth-order valence-electron chi connectivity index (χ4n) is 1.51. The van der Waals surface area contributed by atoms with Crippen LogP contribution in [0.2, 0.25) is 5.15 Å². The molecule has 0 radical (unpaired) electrons. The van der Waals surface area contributed by atoms with Gasteiger partial charge in [0, 0.05) is 17.2 Å². The molecule has 0 amide bonds. The van der Waals surface area contributed by atoms with Crippen LogP contribution in [0.1, 0.15) is 11.1 Å². The van der Waals surface area contributed by atoms with Gasteiger partial charge in [-0.3, -0.25) is 0 Å². The summed E-state index contributed by atoms with van der Waals surface area (Å²) in [7, 11) is 0. The molecule has 1 heterocycles. The Bertz CT molecular complexity index is 655. The van der Waals surface area contributed by atoms with Crippen LogP contribution in [0.4, 0.5) is 10.1 Å². The zero-order chi connectivity index (χ0) is 13.8. The molecule has 1 aromatic carbocycles. The number of benzene rings is 1.